The smallest absolute Gasteiger partial charge is 0.273 e. The zero-order chi connectivity index (χ0) is 20.3. The number of nitro benzene ring substituents is 1. The van der Waals surface area contributed by atoms with Crippen molar-refractivity contribution >= 4 is 46.0 Å². The molecule has 0 saturated carbocycles. The zero-order valence-electron chi connectivity index (χ0n) is 15.6. The van der Waals surface area contributed by atoms with Crippen molar-refractivity contribution in [3.63, 3.8) is 0 Å². The number of nitrogens with one attached hydrogen (secondary N) is 1. The summed E-state index contributed by atoms with van der Waals surface area (Å²) in [5.74, 6) is 0.379. The van der Waals surface area contributed by atoms with E-state index in [1.54, 1.807) is 6.07 Å². The number of methoxy groups -OCH3 is 1. The Morgan fingerprint density at radius 1 is 1.21 bits per heavy atom. The Bertz CT molecular complexity index is 901. The van der Waals surface area contributed by atoms with Gasteiger partial charge in [0.15, 0.2) is 5.11 Å². The van der Waals surface area contributed by atoms with Crippen LogP contribution < -0.4 is 15.0 Å². The van der Waals surface area contributed by atoms with Gasteiger partial charge in [0.25, 0.3) is 5.69 Å². The number of rotatable bonds is 4. The monoisotopic (exact) mass is 420 g/mol. The molecule has 0 atom stereocenters. The number of ether oxygens (including phenoxy) is 1. The number of thiocarbonyl (C=S) groups is 1. The standard InChI is InChI=1S/C19H21ClN4O3S/c1-13-3-4-14(20)11-17(13)22-7-9-23(10-8-22)19(28)21-16-6-5-15(24(25)26)12-18(16)27-2/h3-6,11-12H,7-10H2,1-2H3,(H,21,28). The number of halogens is 1. The summed E-state index contributed by atoms with van der Waals surface area (Å²) >= 11 is 11.7. The van der Waals surface area contributed by atoms with Crippen LogP contribution in [0.25, 0.3) is 0 Å². The highest BCUT2D eigenvalue weighted by Gasteiger charge is 2.21. The van der Waals surface area contributed by atoms with E-state index in [1.807, 2.05) is 18.2 Å². The minimum absolute atomic E-state index is 0.0289. The highest BCUT2D eigenvalue weighted by Crippen LogP contribution is 2.30. The van der Waals surface area contributed by atoms with Crippen molar-refractivity contribution in [3.8, 4) is 5.75 Å². The van der Waals surface area contributed by atoms with Gasteiger partial charge in [-0.05, 0) is 42.9 Å². The third-order valence-corrected chi connectivity index (χ3v) is 5.31. The first kappa shape index (κ1) is 20.2. The molecule has 0 spiro atoms. The van der Waals surface area contributed by atoms with Gasteiger partial charge in [0.05, 0.1) is 23.8 Å². The predicted molar refractivity (Wildman–Crippen MR) is 116 cm³/mol. The number of aryl methyl sites for hydroxylation is 1. The number of hydrogen-bond donors (Lipinski definition) is 1. The molecule has 0 amide bonds. The van der Waals surface area contributed by atoms with Crippen molar-refractivity contribution in [2.75, 3.05) is 43.5 Å². The number of piperazine rings is 1. The van der Waals surface area contributed by atoms with Crippen LogP contribution in [0.2, 0.25) is 5.02 Å². The second-order valence-electron chi connectivity index (χ2n) is 6.48. The van der Waals surface area contributed by atoms with Crippen molar-refractivity contribution in [1.29, 1.82) is 0 Å². The molecule has 7 nitrogen and oxygen atoms in total. The molecular weight excluding hydrogens is 400 g/mol. The predicted octanol–water partition coefficient (Wildman–Crippen LogP) is 4.08. The molecule has 1 aliphatic heterocycles. The maximum absolute atomic E-state index is 10.9. The van der Waals surface area contributed by atoms with Crippen LogP contribution in [0.4, 0.5) is 17.1 Å². The van der Waals surface area contributed by atoms with Crippen LogP contribution >= 0.6 is 23.8 Å². The summed E-state index contributed by atoms with van der Waals surface area (Å²) < 4.78 is 5.26. The van der Waals surface area contributed by atoms with Crippen LogP contribution in [0.15, 0.2) is 36.4 Å². The van der Waals surface area contributed by atoms with Gasteiger partial charge in [-0.15, -0.1) is 0 Å². The Kier molecular flexibility index (Phi) is 6.21. The maximum Gasteiger partial charge on any atom is 0.273 e. The lowest BCUT2D eigenvalue weighted by atomic mass is 10.1. The quantitative estimate of drug-likeness (QED) is 0.454. The molecule has 0 bridgehead atoms. The molecular formula is C19H21ClN4O3S. The largest absolute Gasteiger partial charge is 0.494 e. The molecule has 1 N–H and O–H groups in total. The Labute approximate surface area is 174 Å². The average molecular weight is 421 g/mol. The van der Waals surface area contributed by atoms with Crippen LogP contribution in [0, 0.1) is 17.0 Å². The van der Waals surface area contributed by atoms with E-state index in [4.69, 9.17) is 28.6 Å². The Balaban J connectivity index is 1.64. The lowest BCUT2D eigenvalue weighted by molar-refractivity contribution is -0.384. The van der Waals surface area contributed by atoms with Gasteiger partial charge >= 0.3 is 0 Å². The summed E-state index contributed by atoms with van der Waals surface area (Å²) in [5, 5.41) is 15.4. The fourth-order valence-corrected chi connectivity index (χ4v) is 3.62. The number of nitro groups is 1. The van der Waals surface area contributed by atoms with Crippen molar-refractivity contribution in [1.82, 2.24) is 4.90 Å². The van der Waals surface area contributed by atoms with Gasteiger partial charge in [-0.2, -0.15) is 0 Å². The normalized spacial score (nSPS) is 14.0. The van der Waals surface area contributed by atoms with E-state index in [0.29, 0.717) is 16.5 Å². The van der Waals surface area contributed by atoms with Gasteiger partial charge in [0.2, 0.25) is 0 Å². The first-order valence-electron chi connectivity index (χ1n) is 8.78. The molecule has 148 valence electrons. The summed E-state index contributed by atoms with van der Waals surface area (Å²) in [6.45, 7) is 5.23. The van der Waals surface area contributed by atoms with Crippen LogP contribution in [-0.2, 0) is 0 Å². The molecule has 1 aliphatic rings. The van der Waals surface area contributed by atoms with E-state index >= 15 is 0 Å². The number of hydrogen-bond acceptors (Lipinski definition) is 5. The molecule has 0 unspecified atom stereocenters. The molecule has 0 radical (unpaired) electrons. The van der Waals surface area contributed by atoms with Crippen molar-refractivity contribution in [2.24, 2.45) is 0 Å². The van der Waals surface area contributed by atoms with Crippen LogP contribution in [0.3, 0.4) is 0 Å². The highest BCUT2D eigenvalue weighted by atomic mass is 35.5. The third kappa shape index (κ3) is 4.45. The van der Waals surface area contributed by atoms with E-state index in [-0.39, 0.29) is 5.69 Å². The Morgan fingerprint density at radius 2 is 1.93 bits per heavy atom. The van der Waals surface area contributed by atoms with Gasteiger partial charge in [0.1, 0.15) is 5.75 Å². The summed E-state index contributed by atoms with van der Waals surface area (Å²) in [6, 6.07) is 10.3. The van der Waals surface area contributed by atoms with Gasteiger partial charge in [-0.3, -0.25) is 10.1 Å². The molecule has 1 saturated heterocycles. The topological polar surface area (TPSA) is 70.9 Å². The molecule has 0 aromatic heterocycles. The lowest BCUT2D eigenvalue weighted by Gasteiger charge is -2.38. The van der Waals surface area contributed by atoms with Crippen molar-refractivity contribution < 1.29 is 9.66 Å². The van der Waals surface area contributed by atoms with E-state index < -0.39 is 4.92 Å². The fourth-order valence-electron chi connectivity index (χ4n) is 3.16. The maximum atomic E-state index is 10.9. The Hall–Kier alpha value is -2.58. The molecule has 9 heteroatoms. The molecule has 1 heterocycles. The number of non-ortho nitro benzene ring substituents is 1. The molecule has 2 aromatic carbocycles. The lowest BCUT2D eigenvalue weighted by Crippen LogP contribution is -2.50. The Morgan fingerprint density at radius 3 is 2.57 bits per heavy atom. The second kappa shape index (κ2) is 8.62. The molecule has 0 aliphatic carbocycles. The summed E-state index contributed by atoms with van der Waals surface area (Å²) in [4.78, 5) is 14.8. The van der Waals surface area contributed by atoms with Gasteiger partial charge < -0.3 is 19.9 Å². The minimum atomic E-state index is -0.457. The fraction of sp³-hybridized carbons (Fsp3) is 0.316. The summed E-state index contributed by atoms with van der Waals surface area (Å²) in [6.07, 6.45) is 0. The number of benzene rings is 2. The average Bonchev–Trinajstić information content (AvgIpc) is 2.70. The molecule has 28 heavy (non-hydrogen) atoms. The van der Waals surface area contributed by atoms with Crippen LogP contribution in [-0.4, -0.2) is 48.2 Å². The van der Waals surface area contributed by atoms with E-state index in [9.17, 15) is 10.1 Å². The van der Waals surface area contributed by atoms with E-state index in [0.717, 1.165) is 36.9 Å². The highest BCUT2D eigenvalue weighted by molar-refractivity contribution is 7.80. The first-order valence-corrected chi connectivity index (χ1v) is 9.57. The van der Waals surface area contributed by atoms with Gasteiger partial charge in [-0.1, -0.05) is 17.7 Å². The first-order chi connectivity index (χ1) is 13.4. The van der Waals surface area contributed by atoms with Crippen LogP contribution in [0.5, 0.6) is 5.75 Å². The summed E-state index contributed by atoms with van der Waals surface area (Å²) in [5.41, 5.74) is 2.90. The minimum Gasteiger partial charge on any atom is -0.494 e. The van der Waals surface area contributed by atoms with E-state index in [2.05, 4.69) is 22.0 Å². The van der Waals surface area contributed by atoms with Gasteiger partial charge in [0, 0.05) is 43.0 Å². The third-order valence-electron chi connectivity index (χ3n) is 4.72. The van der Waals surface area contributed by atoms with Gasteiger partial charge in [-0.25, -0.2) is 0 Å². The molecule has 1 fully saturated rings. The SMILES string of the molecule is COc1cc([N+](=O)[O-])ccc1NC(=S)N1CCN(c2cc(Cl)ccc2C)CC1. The molecule has 3 rings (SSSR count). The summed E-state index contributed by atoms with van der Waals surface area (Å²) in [7, 11) is 1.47. The van der Waals surface area contributed by atoms with E-state index in [1.165, 1.54) is 24.8 Å². The zero-order valence-corrected chi connectivity index (χ0v) is 17.2. The number of anilines is 2. The van der Waals surface area contributed by atoms with Crippen molar-refractivity contribution in [3.05, 3.63) is 57.1 Å². The number of nitrogens with zero attached hydrogens (tertiary/aromatic N) is 3. The van der Waals surface area contributed by atoms with Crippen molar-refractivity contribution in [2.45, 2.75) is 6.92 Å². The second-order valence-corrected chi connectivity index (χ2v) is 7.30. The molecule has 2 aromatic rings. The van der Waals surface area contributed by atoms with Crippen LogP contribution in [0.1, 0.15) is 5.56 Å².